The molecule has 2 amide bonds. The summed E-state index contributed by atoms with van der Waals surface area (Å²) in [6.45, 7) is 3.33. The number of carbonyl (C=O) groups is 2. The summed E-state index contributed by atoms with van der Waals surface area (Å²) in [6, 6.07) is -0.779. The van der Waals surface area contributed by atoms with Crippen LogP contribution in [0.1, 0.15) is 26.7 Å². The fourth-order valence-electron chi connectivity index (χ4n) is 1.16. The van der Waals surface area contributed by atoms with Gasteiger partial charge in [-0.2, -0.15) is 0 Å². The van der Waals surface area contributed by atoms with Crippen LogP contribution in [0.25, 0.3) is 0 Å². The third kappa shape index (κ3) is 4.16. The summed E-state index contributed by atoms with van der Waals surface area (Å²) >= 11 is 0. The molecule has 0 rings (SSSR count). The van der Waals surface area contributed by atoms with E-state index in [4.69, 9.17) is 16.7 Å². The molecule has 6 N–H and O–H groups in total. The first-order valence-corrected chi connectivity index (χ1v) is 5.01. The number of hydrogen-bond acceptors (Lipinski definition) is 4. The van der Waals surface area contributed by atoms with Crippen LogP contribution >= 0.6 is 0 Å². The first-order valence-electron chi connectivity index (χ1n) is 5.01. The van der Waals surface area contributed by atoms with Crippen LogP contribution in [0, 0.1) is 5.92 Å². The van der Waals surface area contributed by atoms with E-state index < -0.39 is 23.8 Å². The topological polar surface area (TPSA) is 131 Å². The van der Waals surface area contributed by atoms with E-state index in [9.17, 15) is 9.59 Å². The summed E-state index contributed by atoms with van der Waals surface area (Å²) in [7, 11) is 0. The first kappa shape index (κ1) is 14.2. The maximum atomic E-state index is 11.7. The highest BCUT2D eigenvalue weighted by atomic mass is 16.4. The number of carbonyl (C=O) groups excluding carboxylic acids is 2. The van der Waals surface area contributed by atoms with E-state index in [1.165, 1.54) is 6.92 Å². The van der Waals surface area contributed by atoms with Gasteiger partial charge in [0, 0.05) is 0 Å². The molecule has 0 aliphatic rings. The zero-order valence-corrected chi connectivity index (χ0v) is 9.43. The molecule has 0 fully saturated rings. The average Bonchev–Trinajstić information content (AvgIpc) is 2.24. The molecule has 0 saturated heterocycles. The van der Waals surface area contributed by atoms with Crippen molar-refractivity contribution in [3.05, 3.63) is 0 Å². The van der Waals surface area contributed by atoms with Gasteiger partial charge in [-0.05, 0) is 13.3 Å². The lowest BCUT2D eigenvalue weighted by atomic mass is 10.0. The second-order valence-corrected chi connectivity index (χ2v) is 3.50. The summed E-state index contributed by atoms with van der Waals surface area (Å²) in [5, 5.41) is 13.7. The van der Waals surface area contributed by atoms with E-state index >= 15 is 0 Å². The van der Waals surface area contributed by atoms with Gasteiger partial charge in [-0.15, -0.1) is 0 Å². The zero-order chi connectivity index (χ0) is 12.7. The number of hydrogen-bond donors (Lipinski definition) is 4. The zero-order valence-electron chi connectivity index (χ0n) is 9.43. The van der Waals surface area contributed by atoms with Gasteiger partial charge in [0.15, 0.2) is 5.84 Å². The van der Waals surface area contributed by atoms with Crippen LogP contribution < -0.4 is 16.8 Å². The molecule has 0 aliphatic carbocycles. The van der Waals surface area contributed by atoms with Gasteiger partial charge in [0.05, 0.1) is 5.92 Å². The van der Waals surface area contributed by atoms with Crippen molar-refractivity contribution in [2.24, 2.45) is 22.5 Å². The van der Waals surface area contributed by atoms with Crippen LogP contribution in [0.5, 0.6) is 0 Å². The molecule has 2 atom stereocenters. The van der Waals surface area contributed by atoms with Crippen LogP contribution in [0.4, 0.5) is 0 Å². The van der Waals surface area contributed by atoms with Gasteiger partial charge in [0.1, 0.15) is 6.04 Å². The molecule has 92 valence electrons. The van der Waals surface area contributed by atoms with Gasteiger partial charge in [0.25, 0.3) is 0 Å². The Morgan fingerprint density at radius 2 is 2.00 bits per heavy atom. The number of nitrogens with zero attached hydrogens (tertiary/aromatic N) is 1. The number of amidine groups is 1. The minimum Gasteiger partial charge on any atom is -0.409 e. The van der Waals surface area contributed by atoms with Crippen molar-refractivity contribution in [3.8, 4) is 0 Å². The minimum absolute atomic E-state index is 0.170. The fourth-order valence-corrected chi connectivity index (χ4v) is 1.16. The quantitative estimate of drug-likeness (QED) is 0.204. The van der Waals surface area contributed by atoms with Gasteiger partial charge in [-0.1, -0.05) is 18.5 Å². The second-order valence-electron chi connectivity index (χ2n) is 3.50. The van der Waals surface area contributed by atoms with Gasteiger partial charge >= 0.3 is 0 Å². The molecule has 0 aromatic carbocycles. The van der Waals surface area contributed by atoms with Crippen LogP contribution in [-0.4, -0.2) is 28.9 Å². The third-order valence-corrected chi connectivity index (χ3v) is 2.15. The Bertz CT molecular complexity index is 290. The molecule has 0 saturated carbocycles. The summed E-state index contributed by atoms with van der Waals surface area (Å²) in [5.74, 6) is -2.01. The van der Waals surface area contributed by atoms with Crippen molar-refractivity contribution in [2.75, 3.05) is 0 Å². The molecule has 0 aliphatic heterocycles. The Labute approximate surface area is 93.9 Å². The summed E-state index contributed by atoms with van der Waals surface area (Å²) in [5.41, 5.74) is 10.4. The van der Waals surface area contributed by atoms with E-state index in [0.29, 0.717) is 12.8 Å². The Kier molecular flexibility index (Phi) is 5.91. The fraction of sp³-hybridized carbons (Fsp3) is 0.667. The highest BCUT2D eigenvalue weighted by Gasteiger charge is 2.24. The maximum absolute atomic E-state index is 11.7. The van der Waals surface area contributed by atoms with E-state index in [-0.39, 0.29) is 5.84 Å². The van der Waals surface area contributed by atoms with Crippen molar-refractivity contribution in [1.82, 2.24) is 5.32 Å². The largest absolute Gasteiger partial charge is 0.409 e. The van der Waals surface area contributed by atoms with Crippen LogP contribution in [0.15, 0.2) is 5.16 Å². The molecule has 16 heavy (non-hydrogen) atoms. The third-order valence-electron chi connectivity index (χ3n) is 2.15. The molecule has 2 unspecified atom stereocenters. The highest BCUT2D eigenvalue weighted by Crippen LogP contribution is 2.07. The van der Waals surface area contributed by atoms with E-state index in [1.54, 1.807) is 0 Å². The SMILES string of the molecule is CCCC(C(=O)NC(C)C(N)=O)C(N)=NO. The van der Waals surface area contributed by atoms with Crippen molar-refractivity contribution in [3.63, 3.8) is 0 Å². The van der Waals surface area contributed by atoms with Gasteiger partial charge < -0.3 is 22.0 Å². The number of nitrogens with two attached hydrogens (primary N) is 2. The number of primary amides is 1. The molecular formula is C9H18N4O3. The maximum Gasteiger partial charge on any atom is 0.239 e. The van der Waals surface area contributed by atoms with Crippen molar-refractivity contribution >= 4 is 17.6 Å². The number of oxime groups is 1. The Hall–Kier alpha value is -1.79. The van der Waals surface area contributed by atoms with Crippen molar-refractivity contribution in [2.45, 2.75) is 32.7 Å². The van der Waals surface area contributed by atoms with Crippen molar-refractivity contribution in [1.29, 1.82) is 0 Å². The first-order chi connectivity index (χ1) is 7.43. The molecule has 0 bridgehead atoms. The summed E-state index contributed by atoms with van der Waals surface area (Å²) in [6.07, 6.45) is 1.13. The molecule has 0 aromatic heterocycles. The normalized spacial score (nSPS) is 15.2. The Balaban J connectivity index is 4.57. The minimum atomic E-state index is -0.779. The van der Waals surface area contributed by atoms with E-state index in [0.717, 1.165) is 0 Å². The van der Waals surface area contributed by atoms with Crippen LogP contribution in [0.3, 0.4) is 0 Å². The Morgan fingerprint density at radius 3 is 2.38 bits per heavy atom. The predicted octanol–water partition coefficient (Wildman–Crippen LogP) is -0.861. The average molecular weight is 230 g/mol. The standard InChI is InChI=1S/C9H18N4O3/c1-3-4-6(7(10)13-16)9(15)12-5(2)8(11)14/h5-6,16H,3-4H2,1-2H3,(H2,10,13)(H2,11,14)(H,12,15). The predicted molar refractivity (Wildman–Crippen MR) is 58.6 cm³/mol. The van der Waals surface area contributed by atoms with Gasteiger partial charge in [-0.25, -0.2) is 0 Å². The molecular weight excluding hydrogens is 212 g/mol. The molecule has 0 spiro atoms. The van der Waals surface area contributed by atoms with Crippen LogP contribution in [0.2, 0.25) is 0 Å². The lowest BCUT2D eigenvalue weighted by Crippen LogP contribution is -2.47. The van der Waals surface area contributed by atoms with Gasteiger partial charge in [0.2, 0.25) is 11.8 Å². The summed E-state index contributed by atoms with van der Waals surface area (Å²) < 4.78 is 0. The molecule has 7 nitrogen and oxygen atoms in total. The van der Waals surface area contributed by atoms with Crippen molar-refractivity contribution < 1.29 is 14.8 Å². The second kappa shape index (κ2) is 6.65. The molecule has 0 aromatic rings. The van der Waals surface area contributed by atoms with Crippen LogP contribution in [-0.2, 0) is 9.59 Å². The lowest BCUT2D eigenvalue weighted by Gasteiger charge is -2.17. The summed E-state index contributed by atoms with van der Waals surface area (Å²) in [4.78, 5) is 22.4. The number of rotatable bonds is 6. The highest BCUT2D eigenvalue weighted by molar-refractivity contribution is 6.03. The number of amides is 2. The number of nitrogens with one attached hydrogen (secondary N) is 1. The van der Waals surface area contributed by atoms with Gasteiger partial charge in [-0.3, -0.25) is 9.59 Å². The lowest BCUT2D eigenvalue weighted by molar-refractivity contribution is -0.128. The monoisotopic (exact) mass is 230 g/mol. The Morgan fingerprint density at radius 1 is 1.44 bits per heavy atom. The van der Waals surface area contributed by atoms with E-state index in [1.807, 2.05) is 6.92 Å². The van der Waals surface area contributed by atoms with E-state index in [2.05, 4.69) is 10.5 Å². The smallest absolute Gasteiger partial charge is 0.239 e. The molecule has 0 radical (unpaired) electrons. The molecule has 0 heterocycles. The molecule has 7 heteroatoms.